The van der Waals surface area contributed by atoms with Crippen LogP contribution in [0.5, 0.6) is 0 Å². The predicted molar refractivity (Wildman–Crippen MR) is 108 cm³/mol. The van der Waals surface area contributed by atoms with Crippen LogP contribution in [0.15, 0.2) is 23.5 Å². The summed E-state index contributed by atoms with van der Waals surface area (Å²) in [5.74, 6) is -0.120. The van der Waals surface area contributed by atoms with Crippen molar-refractivity contribution in [2.45, 2.75) is 52.1 Å². The van der Waals surface area contributed by atoms with Gasteiger partial charge in [0.15, 0.2) is 5.65 Å². The first-order valence-corrected chi connectivity index (χ1v) is 10.3. The zero-order valence-corrected chi connectivity index (χ0v) is 17.0. The fourth-order valence-corrected chi connectivity index (χ4v) is 4.34. The molecule has 2 aliphatic rings. The van der Waals surface area contributed by atoms with Gasteiger partial charge in [0.25, 0.3) is 5.56 Å². The van der Waals surface area contributed by atoms with E-state index in [2.05, 4.69) is 16.7 Å². The molecule has 1 N–H and O–H groups in total. The molecule has 0 unspecified atom stereocenters. The number of carbonyl (C=O) groups is 2. The van der Waals surface area contributed by atoms with E-state index in [4.69, 9.17) is 0 Å². The van der Waals surface area contributed by atoms with Crippen molar-refractivity contribution >= 4 is 17.5 Å². The van der Waals surface area contributed by atoms with Crippen LogP contribution in [0.4, 0.5) is 0 Å². The Morgan fingerprint density at radius 2 is 2.10 bits per heavy atom. The molecule has 0 saturated carbocycles. The molecule has 0 bridgehead atoms. The molecule has 8 heteroatoms. The van der Waals surface area contributed by atoms with Gasteiger partial charge in [-0.25, -0.2) is 9.50 Å². The Morgan fingerprint density at radius 1 is 1.31 bits per heavy atom. The summed E-state index contributed by atoms with van der Waals surface area (Å²) >= 11 is 0. The lowest BCUT2D eigenvalue weighted by atomic mass is 9.97. The number of H-pyrrole nitrogens is 1. The lowest BCUT2D eigenvalue weighted by Crippen LogP contribution is -2.41. The van der Waals surface area contributed by atoms with Gasteiger partial charge in [-0.3, -0.25) is 19.5 Å². The quantitative estimate of drug-likeness (QED) is 0.800. The summed E-state index contributed by atoms with van der Waals surface area (Å²) in [6.07, 6.45) is 4.71. The molecule has 1 saturated heterocycles. The molecule has 154 valence electrons. The number of rotatable bonds is 3. The molecule has 4 rings (SSSR count). The van der Waals surface area contributed by atoms with Crippen LogP contribution in [0, 0.1) is 5.92 Å². The SMILES string of the molecule is C=CC(=O)N1CCc2nc3cc([C@H]4CCCCN4C(=O)C(C)C)[nH]n3c(=O)c2C1. The maximum Gasteiger partial charge on any atom is 0.277 e. The largest absolute Gasteiger partial charge is 0.334 e. The van der Waals surface area contributed by atoms with Crippen LogP contribution in [0.1, 0.15) is 56.1 Å². The fourth-order valence-electron chi connectivity index (χ4n) is 4.34. The van der Waals surface area contributed by atoms with Crippen molar-refractivity contribution in [2.24, 2.45) is 5.92 Å². The van der Waals surface area contributed by atoms with E-state index in [1.807, 2.05) is 24.8 Å². The molecular formula is C21H27N5O3. The van der Waals surface area contributed by atoms with E-state index < -0.39 is 0 Å². The number of fused-ring (bicyclic) bond motifs is 2. The molecule has 2 aromatic heterocycles. The summed E-state index contributed by atoms with van der Waals surface area (Å²) in [7, 11) is 0. The second-order valence-electron chi connectivity index (χ2n) is 8.16. The fraction of sp³-hybridized carbons (Fsp3) is 0.524. The second kappa shape index (κ2) is 7.50. The molecule has 0 radical (unpaired) electrons. The van der Waals surface area contributed by atoms with E-state index in [0.29, 0.717) is 24.2 Å². The van der Waals surface area contributed by atoms with Gasteiger partial charge in [-0.1, -0.05) is 20.4 Å². The van der Waals surface area contributed by atoms with Crippen LogP contribution in [0.3, 0.4) is 0 Å². The molecule has 2 aromatic rings. The molecule has 0 aliphatic carbocycles. The Bertz CT molecular complexity index is 1030. The van der Waals surface area contributed by atoms with Gasteiger partial charge in [0.1, 0.15) is 0 Å². The highest BCUT2D eigenvalue weighted by atomic mass is 16.2. The Kier molecular flexibility index (Phi) is 5.02. The number of carbonyl (C=O) groups excluding carboxylic acids is 2. The Labute approximate surface area is 169 Å². The summed E-state index contributed by atoms with van der Waals surface area (Å²) < 4.78 is 1.45. The van der Waals surface area contributed by atoms with Crippen LogP contribution in [-0.4, -0.2) is 49.3 Å². The highest BCUT2D eigenvalue weighted by Crippen LogP contribution is 2.31. The standard InChI is InChI=1S/C21H27N5O3/c1-4-19(27)24-10-8-15-14(12-24)21(29)26-18(22-15)11-16(23-26)17-7-5-6-9-25(17)20(28)13(2)3/h4,11,13,17,23H,1,5-10,12H2,2-3H3/t17-/m1/s1. The number of likely N-dealkylation sites (tertiary alicyclic amines) is 1. The number of piperidine rings is 1. The Morgan fingerprint density at radius 3 is 2.83 bits per heavy atom. The van der Waals surface area contributed by atoms with Gasteiger partial charge in [0.05, 0.1) is 29.5 Å². The smallest absolute Gasteiger partial charge is 0.277 e. The Hall–Kier alpha value is -2.90. The third-order valence-electron chi connectivity index (χ3n) is 5.91. The summed E-state index contributed by atoms with van der Waals surface area (Å²) in [5.41, 5.74) is 2.50. The number of nitrogens with zero attached hydrogens (tertiary/aromatic N) is 4. The van der Waals surface area contributed by atoms with Crippen LogP contribution in [-0.2, 0) is 22.6 Å². The number of nitrogens with one attached hydrogen (secondary N) is 1. The van der Waals surface area contributed by atoms with E-state index >= 15 is 0 Å². The predicted octanol–water partition coefficient (Wildman–Crippen LogP) is 1.80. The lowest BCUT2D eigenvalue weighted by Gasteiger charge is -2.36. The minimum atomic E-state index is -0.185. The number of amides is 2. The van der Waals surface area contributed by atoms with E-state index in [1.165, 1.54) is 10.6 Å². The van der Waals surface area contributed by atoms with Gasteiger partial charge in [-0.2, -0.15) is 0 Å². The minimum Gasteiger partial charge on any atom is -0.334 e. The minimum absolute atomic E-state index is 0.0680. The second-order valence-corrected chi connectivity index (χ2v) is 8.16. The maximum absolute atomic E-state index is 13.1. The molecule has 0 aromatic carbocycles. The van der Waals surface area contributed by atoms with Crippen LogP contribution in [0.2, 0.25) is 0 Å². The van der Waals surface area contributed by atoms with Crippen molar-refractivity contribution in [1.82, 2.24) is 24.4 Å². The molecule has 0 spiro atoms. The number of hydrogen-bond acceptors (Lipinski definition) is 4. The topological polar surface area (TPSA) is 90.8 Å². The van der Waals surface area contributed by atoms with E-state index in [0.717, 1.165) is 37.2 Å². The first-order valence-electron chi connectivity index (χ1n) is 10.3. The zero-order chi connectivity index (χ0) is 20.7. The zero-order valence-electron chi connectivity index (χ0n) is 17.0. The maximum atomic E-state index is 13.1. The van der Waals surface area contributed by atoms with Crippen LogP contribution in [0.25, 0.3) is 5.65 Å². The van der Waals surface area contributed by atoms with E-state index in [1.54, 1.807) is 4.90 Å². The summed E-state index contributed by atoms with van der Waals surface area (Å²) in [5, 5.41) is 3.19. The monoisotopic (exact) mass is 397 g/mol. The molecule has 8 nitrogen and oxygen atoms in total. The number of aromatic amines is 1. The van der Waals surface area contributed by atoms with Crippen LogP contribution >= 0.6 is 0 Å². The molecule has 2 aliphatic heterocycles. The van der Waals surface area contributed by atoms with Gasteiger partial charge < -0.3 is 9.80 Å². The summed E-state index contributed by atoms with van der Waals surface area (Å²) in [6, 6.07) is 1.81. The highest BCUT2D eigenvalue weighted by Gasteiger charge is 2.31. The van der Waals surface area contributed by atoms with Crippen molar-refractivity contribution in [2.75, 3.05) is 13.1 Å². The normalized spacial score (nSPS) is 19.5. The molecule has 1 atom stereocenters. The van der Waals surface area contributed by atoms with Gasteiger partial charge >= 0.3 is 0 Å². The number of aromatic nitrogens is 3. The molecule has 1 fully saturated rings. The van der Waals surface area contributed by atoms with Gasteiger partial charge in [-0.15, -0.1) is 0 Å². The third-order valence-corrected chi connectivity index (χ3v) is 5.91. The lowest BCUT2D eigenvalue weighted by molar-refractivity contribution is -0.138. The van der Waals surface area contributed by atoms with Crippen molar-refractivity contribution in [3.63, 3.8) is 0 Å². The van der Waals surface area contributed by atoms with Crippen molar-refractivity contribution in [3.8, 4) is 0 Å². The first-order chi connectivity index (χ1) is 13.9. The number of hydrogen-bond donors (Lipinski definition) is 1. The van der Waals surface area contributed by atoms with Crippen molar-refractivity contribution < 1.29 is 9.59 Å². The van der Waals surface area contributed by atoms with E-state index in [-0.39, 0.29) is 35.9 Å². The van der Waals surface area contributed by atoms with Gasteiger partial charge in [0, 0.05) is 31.5 Å². The molecule has 29 heavy (non-hydrogen) atoms. The summed E-state index contributed by atoms with van der Waals surface area (Å²) in [4.78, 5) is 45.9. The third kappa shape index (κ3) is 3.36. The van der Waals surface area contributed by atoms with Crippen molar-refractivity contribution in [1.29, 1.82) is 0 Å². The highest BCUT2D eigenvalue weighted by molar-refractivity contribution is 5.87. The van der Waals surface area contributed by atoms with E-state index in [9.17, 15) is 14.4 Å². The average Bonchev–Trinajstić information content (AvgIpc) is 3.16. The average molecular weight is 397 g/mol. The Balaban J connectivity index is 1.72. The summed E-state index contributed by atoms with van der Waals surface area (Å²) in [6.45, 7) is 8.85. The van der Waals surface area contributed by atoms with Crippen molar-refractivity contribution in [3.05, 3.63) is 46.0 Å². The van der Waals surface area contributed by atoms with Crippen LogP contribution < -0.4 is 5.56 Å². The molecule has 2 amide bonds. The van der Waals surface area contributed by atoms with Gasteiger partial charge in [0.2, 0.25) is 11.8 Å². The first kappa shape index (κ1) is 19.4. The molecular weight excluding hydrogens is 370 g/mol. The molecule has 4 heterocycles. The van der Waals surface area contributed by atoms with Gasteiger partial charge in [-0.05, 0) is 25.3 Å².